The Morgan fingerprint density at radius 2 is 0.905 bits per heavy atom. The molecule has 0 aromatic rings. The topological polar surface area (TPSA) is 20.2 Å². The lowest BCUT2D eigenvalue weighted by molar-refractivity contribution is 0.322. The Labute approximate surface area is 138 Å². The van der Waals surface area contributed by atoms with Gasteiger partial charge < -0.3 is 5.11 Å². The van der Waals surface area contributed by atoms with Crippen LogP contribution in [0.25, 0.3) is 0 Å². The summed E-state index contributed by atoms with van der Waals surface area (Å²) in [6, 6.07) is 0. The summed E-state index contributed by atoms with van der Waals surface area (Å²) >= 11 is 1.89. The van der Waals surface area contributed by atoms with Gasteiger partial charge in [-0.1, -0.05) is 96.8 Å². The Kier molecular flexibility index (Phi) is 20.6. The third-order valence-electron chi connectivity index (χ3n) is 4.13. The van der Waals surface area contributed by atoms with Crippen molar-refractivity contribution in [2.75, 3.05) is 18.1 Å². The summed E-state index contributed by atoms with van der Waals surface area (Å²) in [5, 5.41) is 8.67. The van der Waals surface area contributed by atoms with Crippen LogP contribution in [0.1, 0.15) is 103 Å². The molecule has 0 aliphatic rings. The molecule has 0 aromatic heterocycles. The van der Waals surface area contributed by atoms with Crippen LogP contribution in [0.5, 0.6) is 0 Å². The van der Waals surface area contributed by atoms with Crippen LogP contribution in [0.4, 0.5) is 0 Å². The van der Waals surface area contributed by atoms with E-state index >= 15 is 0 Å². The van der Waals surface area contributed by atoms with Gasteiger partial charge in [0.2, 0.25) is 0 Å². The second-order valence-corrected chi connectivity index (χ2v) is 7.51. The molecule has 0 aliphatic heterocycles. The Bertz CT molecular complexity index is 155. The molecule has 0 atom stereocenters. The molecule has 0 aliphatic carbocycles. The molecule has 0 amide bonds. The zero-order chi connectivity index (χ0) is 15.4. The first-order valence-electron chi connectivity index (χ1n) is 9.60. The molecule has 0 fully saturated rings. The van der Waals surface area contributed by atoms with Crippen LogP contribution in [0.2, 0.25) is 0 Å². The molecular formula is C19H40OS. The first-order chi connectivity index (χ1) is 10.4. The number of hydrogen-bond donors (Lipinski definition) is 1. The number of aliphatic hydroxyl groups excluding tert-OH is 1. The van der Waals surface area contributed by atoms with Crippen molar-refractivity contribution in [1.29, 1.82) is 0 Å². The van der Waals surface area contributed by atoms with Gasteiger partial charge in [0.25, 0.3) is 0 Å². The number of unbranched alkanes of at least 4 members (excludes halogenated alkanes) is 14. The highest BCUT2D eigenvalue weighted by molar-refractivity contribution is 7.99. The van der Waals surface area contributed by atoms with Gasteiger partial charge >= 0.3 is 0 Å². The minimum atomic E-state index is 0.337. The molecule has 21 heavy (non-hydrogen) atoms. The van der Waals surface area contributed by atoms with Crippen molar-refractivity contribution >= 4 is 11.8 Å². The lowest BCUT2D eigenvalue weighted by Gasteiger charge is -2.03. The summed E-state index contributed by atoms with van der Waals surface area (Å²) in [6.07, 6.45) is 21.5. The van der Waals surface area contributed by atoms with Gasteiger partial charge in [-0.05, 0) is 12.2 Å². The van der Waals surface area contributed by atoms with Crippen LogP contribution in [0.15, 0.2) is 0 Å². The highest BCUT2D eigenvalue weighted by Gasteiger charge is 1.94. The second-order valence-electron chi connectivity index (χ2n) is 6.29. The van der Waals surface area contributed by atoms with Crippen LogP contribution in [0.3, 0.4) is 0 Å². The van der Waals surface area contributed by atoms with Gasteiger partial charge in [0.05, 0.1) is 6.61 Å². The summed E-state index contributed by atoms with van der Waals surface area (Å²) in [5.41, 5.74) is 0. The number of aliphatic hydroxyl groups is 1. The molecule has 1 N–H and O–H groups in total. The van der Waals surface area contributed by atoms with E-state index < -0.39 is 0 Å². The van der Waals surface area contributed by atoms with Crippen molar-refractivity contribution in [1.82, 2.24) is 0 Å². The Hall–Kier alpha value is 0.310. The van der Waals surface area contributed by atoms with E-state index in [1.807, 2.05) is 11.8 Å². The fourth-order valence-corrected chi connectivity index (χ4v) is 3.48. The molecule has 0 unspecified atom stereocenters. The van der Waals surface area contributed by atoms with E-state index in [4.69, 9.17) is 5.11 Å². The summed E-state index contributed by atoms with van der Waals surface area (Å²) in [7, 11) is 0. The summed E-state index contributed by atoms with van der Waals surface area (Å²) in [4.78, 5) is 0. The van der Waals surface area contributed by atoms with Crippen LogP contribution in [-0.2, 0) is 0 Å². The molecule has 128 valence electrons. The third kappa shape index (κ3) is 20.3. The van der Waals surface area contributed by atoms with Gasteiger partial charge in [-0.15, -0.1) is 0 Å². The zero-order valence-electron chi connectivity index (χ0n) is 14.6. The largest absolute Gasteiger partial charge is 0.396 e. The zero-order valence-corrected chi connectivity index (χ0v) is 15.4. The van der Waals surface area contributed by atoms with Crippen LogP contribution >= 0.6 is 11.8 Å². The highest BCUT2D eigenvalue weighted by atomic mass is 32.2. The van der Waals surface area contributed by atoms with Crippen LogP contribution in [-0.4, -0.2) is 23.2 Å². The lowest BCUT2D eigenvalue weighted by atomic mass is 10.0. The van der Waals surface area contributed by atoms with Crippen molar-refractivity contribution in [2.24, 2.45) is 0 Å². The summed E-state index contributed by atoms with van der Waals surface area (Å²) < 4.78 is 0. The summed E-state index contributed by atoms with van der Waals surface area (Å²) in [6.45, 7) is 2.62. The van der Waals surface area contributed by atoms with Crippen molar-refractivity contribution in [3.63, 3.8) is 0 Å². The minimum absolute atomic E-state index is 0.337. The molecule has 1 nitrogen and oxygen atoms in total. The Morgan fingerprint density at radius 1 is 0.524 bits per heavy atom. The number of thioether (sulfide) groups is 1. The standard InChI is InChI=1S/C19H40OS/c1-2-3-4-5-6-7-8-9-10-11-12-13-14-15-16-18-21-19-17-20/h20H,2-19H2,1H3. The molecule has 2 heteroatoms. The first kappa shape index (κ1) is 21.3. The average molecular weight is 317 g/mol. The van der Waals surface area contributed by atoms with Gasteiger partial charge in [-0.3, -0.25) is 0 Å². The SMILES string of the molecule is CCCCCCCCCCCCCCCCCSCCO. The van der Waals surface area contributed by atoms with E-state index in [1.165, 1.54) is 102 Å². The summed E-state index contributed by atoms with van der Waals surface area (Å²) in [5.74, 6) is 2.15. The first-order valence-corrected chi connectivity index (χ1v) is 10.8. The normalized spacial score (nSPS) is 11.1. The van der Waals surface area contributed by atoms with Crippen molar-refractivity contribution in [3.05, 3.63) is 0 Å². The van der Waals surface area contributed by atoms with Gasteiger partial charge in [0.15, 0.2) is 0 Å². The second kappa shape index (κ2) is 20.3. The number of rotatable bonds is 18. The van der Waals surface area contributed by atoms with E-state index in [1.54, 1.807) is 0 Å². The molecule has 0 heterocycles. The van der Waals surface area contributed by atoms with E-state index in [0.29, 0.717) is 6.61 Å². The molecular weight excluding hydrogens is 276 g/mol. The van der Waals surface area contributed by atoms with Crippen molar-refractivity contribution < 1.29 is 5.11 Å². The quantitative estimate of drug-likeness (QED) is 0.288. The maximum absolute atomic E-state index is 8.67. The van der Waals surface area contributed by atoms with E-state index in [-0.39, 0.29) is 0 Å². The monoisotopic (exact) mass is 316 g/mol. The van der Waals surface area contributed by atoms with Gasteiger partial charge in [0.1, 0.15) is 0 Å². The predicted octanol–water partition coefficient (Wildman–Crippen LogP) is 6.58. The maximum Gasteiger partial charge on any atom is 0.0521 e. The van der Waals surface area contributed by atoms with E-state index in [0.717, 1.165) is 5.75 Å². The average Bonchev–Trinajstić information content (AvgIpc) is 2.50. The van der Waals surface area contributed by atoms with Crippen LogP contribution < -0.4 is 0 Å². The molecule has 0 spiro atoms. The van der Waals surface area contributed by atoms with Crippen molar-refractivity contribution in [3.8, 4) is 0 Å². The molecule has 0 saturated carbocycles. The Balaban J connectivity index is 2.90. The minimum Gasteiger partial charge on any atom is -0.396 e. The highest BCUT2D eigenvalue weighted by Crippen LogP contribution is 2.14. The third-order valence-corrected chi connectivity index (χ3v) is 5.18. The van der Waals surface area contributed by atoms with E-state index in [9.17, 15) is 0 Å². The predicted molar refractivity (Wildman–Crippen MR) is 99.3 cm³/mol. The van der Waals surface area contributed by atoms with E-state index in [2.05, 4.69) is 6.92 Å². The molecule has 0 bridgehead atoms. The Morgan fingerprint density at radius 3 is 1.29 bits per heavy atom. The number of hydrogen-bond acceptors (Lipinski definition) is 2. The van der Waals surface area contributed by atoms with Gasteiger partial charge in [0, 0.05) is 5.75 Å². The maximum atomic E-state index is 8.67. The smallest absolute Gasteiger partial charge is 0.0521 e. The van der Waals surface area contributed by atoms with Gasteiger partial charge in [-0.2, -0.15) is 11.8 Å². The fraction of sp³-hybridized carbons (Fsp3) is 1.00. The van der Waals surface area contributed by atoms with Crippen molar-refractivity contribution in [2.45, 2.75) is 103 Å². The molecule has 0 saturated heterocycles. The van der Waals surface area contributed by atoms with Gasteiger partial charge in [-0.25, -0.2) is 0 Å². The molecule has 0 aromatic carbocycles. The lowest BCUT2D eigenvalue weighted by Crippen LogP contribution is -1.89. The van der Waals surface area contributed by atoms with Crippen LogP contribution in [0, 0.1) is 0 Å². The fourth-order valence-electron chi connectivity index (χ4n) is 2.74. The molecule has 0 rings (SSSR count). The molecule has 0 radical (unpaired) electrons.